The first-order valence-corrected chi connectivity index (χ1v) is 6.13. The van der Waals surface area contributed by atoms with Crippen LogP contribution in [0.5, 0.6) is 0 Å². The molecule has 1 aliphatic rings. The number of aliphatic hydroxyl groups excluding tert-OH is 1. The molecule has 72 valence electrons. The lowest BCUT2D eigenvalue weighted by Gasteiger charge is -2.32. The average molecular weight is 262 g/mol. The summed E-state index contributed by atoms with van der Waals surface area (Å²) < 4.78 is 1.03. The number of halogens is 1. The molecule has 1 aliphatic heterocycles. The molecule has 0 aliphatic carbocycles. The first-order valence-electron chi connectivity index (χ1n) is 4.39. The van der Waals surface area contributed by atoms with Crippen LogP contribution in [0.25, 0.3) is 0 Å². The van der Waals surface area contributed by atoms with E-state index in [0.29, 0.717) is 0 Å². The maximum Gasteiger partial charge on any atom is 0.0935 e. The fourth-order valence-corrected chi connectivity index (χ4v) is 3.04. The molecule has 1 fully saturated rings. The second-order valence-corrected chi connectivity index (χ2v) is 4.94. The number of aliphatic hydroxyl groups is 1. The van der Waals surface area contributed by atoms with E-state index in [4.69, 9.17) is 0 Å². The highest BCUT2D eigenvalue weighted by Crippen LogP contribution is 2.28. The SMILES string of the molecule is OC(CN1CCC1)c1cscc1Br. The molecule has 2 nitrogen and oxygen atoms in total. The minimum Gasteiger partial charge on any atom is -0.387 e. The fraction of sp³-hybridized carbons (Fsp3) is 0.556. The Labute approximate surface area is 90.3 Å². The van der Waals surface area contributed by atoms with Gasteiger partial charge in [-0.05, 0) is 40.8 Å². The molecule has 0 aromatic carbocycles. The Morgan fingerprint density at radius 1 is 1.54 bits per heavy atom. The zero-order valence-electron chi connectivity index (χ0n) is 7.24. The van der Waals surface area contributed by atoms with Crippen molar-refractivity contribution in [3.8, 4) is 0 Å². The van der Waals surface area contributed by atoms with Crippen molar-refractivity contribution >= 4 is 27.3 Å². The highest BCUT2D eigenvalue weighted by molar-refractivity contribution is 9.10. The first-order chi connectivity index (χ1) is 6.27. The predicted molar refractivity (Wildman–Crippen MR) is 58.0 cm³/mol. The molecule has 4 heteroatoms. The maximum absolute atomic E-state index is 9.86. The van der Waals surface area contributed by atoms with Gasteiger partial charge < -0.3 is 10.0 Å². The highest BCUT2D eigenvalue weighted by atomic mass is 79.9. The molecule has 1 aromatic heterocycles. The van der Waals surface area contributed by atoms with Crippen molar-refractivity contribution in [3.05, 3.63) is 20.8 Å². The summed E-state index contributed by atoms with van der Waals surface area (Å²) in [5, 5.41) is 13.9. The molecule has 1 aromatic rings. The van der Waals surface area contributed by atoms with Gasteiger partial charge in [-0.2, -0.15) is 11.3 Å². The van der Waals surface area contributed by atoms with Gasteiger partial charge in [0.05, 0.1) is 6.10 Å². The normalized spacial score (nSPS) is 19.8. The molecule has 1 unspecified atom stereocenters. The standard InChI is InChI=1S/C9H12BrNOS/c10-8-6-13-5-7(8)9(12)4-11-2-1-3-11/h5-6,9,12H,1-4H2. The Balaban J connectivity index is 1.96. The summed E-state index contributed by atoms with van der Waals surface area (Å²) in [4.78, 5) is 2.27. The second kappa shape index (κ2) is 4.09. The minimum absolute atomic E-state index is 0.332. The van der Waals surface area contributed by atoms with Crippen molar-refractivity contribution in [3.63, 3.8) is 0 Å². The van der Waals surface area contributed by atoms with Crippen molar-refractivity contribution in [2.75, 3.05) is 19.6 Å². The summed E-state index contributed by atoms with van der Waals surface area (Å²) in [5.74, 6) is 0. The third-order valence-corrected chi connectivity index (χ3v) is 4.13. The van der Waals surface area contributed by atoms with E-state index in [1.165, 1.54) is 6.42 Å². The van der Waals surface area contributed by atoms with E-state index in [-0.39, 0.29) is 6.10 Å². The van der Waals surface area contributed by atoms with Gasteiger partial charge in [0.1, 0.15) is 0 Å². The van der Waals surface area contributed by atoms with Crippen molar-refractivity contribution in [1.29, 1.82) is 0 Å². The van der Waals surface area contributed by atoms with E-state index in [0.717, 1.165) is 29.7 Å². The van der Waals surface area contributed by atoms with E-state index in [1.54, 1.807) is 11.3 Å². The molecule has 1 saturated heterocycles. The summed E-state index contributed by atoms with van der Waals surface area (Å²) in [7, 11) is 0. The molecule has 13 heavy (non-hydrogen) atoms. The van der Waals surface area contributed by atoms with Gasteiger partial charge in [0.2, 0.25) is 0 Å². The molecule has 0 amide bonds. The van der Waals surface area contributed by atoms with E-state index in [9.17, 15) is 5.11 Å². The molecule has 0 saturated carbocycles. The average Bonchev–Trinajstić information content (AvgIpc) is 2.43. The van der Waals surface area contributed by atoms with Crippen LogP contribution in [0.15, 0.2) is 15.2 Å². The van der Waals surface area contributed by atoms with Crippen LogP contribution in [0.4, 0.5) is 0 Å². The lowest BCUT2D eigenvalue weighted by atomic mass is 10.1. The van der Waals surface area contributed by atoms with Gasteiger partial charge in [0.15, 0.2) is 0 Å². The number of hydrogen-bond acceptors (Lipinski definition) is 3. The minimum atomic E-state index is -0.332. The number of nitrogens with zero attached hydrogens (tertiary/aromatic N) is 1. The summed E-state index contributed by atoms with van der Waals surface area (Å²) in [6, 6.07) is 0. The Morgan fingerprint density at radius 3 is 2.77 bits per heavy atom. The lowest BCUT2D eigenvalue weighted by Crippen LogP contribution is -2.39. The van der Waals surface area contributed by atoms with Gasteiger partial charge in [0.25, 0.3) is 0 Å². The molecule has 1 N–H and O–H groups in total. The number of likely N-dealkylation sites (tertiary alicyclic amines) is 1. The third-order valence-electron chi connectivity index (χ3n) is 2.38. The summed E-state index contributed by atoms with van der Waals surface area (Å²) in [5.41, 5.74) is 1.02. The first kappa shape index (κ1) is 9.65. The van der Waals surface area contributed by atoms with Crippen LogP contribution >= 0.6 is 27.3 Å². The number of hydrogen-bond donors (Lipinski definition) is 1. The molecule has 1 atom stereocenters. The van der Waals surface area contributed by atoms with Gasteiger partial charge in [-0.1, -0.05) is 0 Å². The van der Waals surface area contributed by atoms with Gasteiger partial charge >= 0.3 is 0 Å². The quantitative estimate of drug-likeness (QED) is 0.903. The van der Waals surface area contributed by atoms with E-state index in [2.05, 4.69) is 20.8 Å². The van der Waals surface area contributed by atoms with E-state index >= 15 is 0 Å². The van der Waals surface area contributed by atoms with Crippen molar-refractivity contribution in [1.82, 2.24) is 4.90 Å². The molecule has 2 heterocycles. The van der Waals surface area contributed by atoms with Crippen LogP contribution in [0.3, 0.4) is 0 Å². The molecule has 0 bridgehead atoms. The van der Waals surface area contributed by atoms with Crippen LogP contribution < -0.4 is 0 Å². The summed E-state index contributed by atoms with van der Waals surface area (Å²) >= 11 is 5.05. The van der Waals surface area contributed by atoms with Crippen LogP contribution in [0, 0.1) is 0 Å². The summed E-state index contributed by atoms with van der Waals surface area (Å²) in [6.45, 7) is 3.05. The fourth-order valence-electron chi connectivity index (χ4n) is 1.44. The Hall–Kier alpha value is 0.100. The largest absolute Gasteiger partial charge is 0.387 e. The van der Waals surface area contributed by atoms with Gasteiger partial charge in [-0.3, -0.25) is 0 Å². The van der Waals surface area contributed by atoms with Crippen LogP contribution in [0.1, 0.15) is 18.1 Å². The highest BCUT2D eigenvalue weighted by Gasteiger charge is 2.20. The Morgan fingerprint density at radius 2 is 2.31 bits per heavy atom. The second-order valence-electron chi connectivity index (χ2n) is 3.35. The number of rotatable bonds is 3. The van der Waals surface area contributed by atoms with Gasteiger partial charge in [-0.25, -0.2) is 0 Å². The Bertz CT molecular complexity index is 285. The van der Waals surface area contributed by atoms with Crippen molar-refractivity contribution in [2.45, 2.75) is 12.5 Å². The van der Waals surface area contributed by atoms with E-state index in [1.807, 2.05) is 10.8 Å². The smallest absolute Gasteiger partial charge is 0.0935 e. The molecular weight excluding hydrogens is 250 g/mol. The van der Waals surface area contributed by atoms with Gasteiger partial charge in [0, 0.05) is 22.0 Å². The monoisotopic (exact) mass is 261 g/mol. The van der Waals surface area contributed by atoms with Crippen LogP contribution in [-0.4, -0.2) is 29.6 Å². The molecular formula is C9H12BrNOS. The molecule has 0 spiro atoms. The number of thiophene rings is 1. The molecule has 0 radical (unpaired) electrons. The van der Waals surface area contributed by atoms with Crippen LogP contribution in [-0.2, 0) is 0 Å². The van der Waals surface area contributed by atoms with Crippen molar-refractivity contribution in [2.24, 2.45) is 0 Å². The van der Waals surface area contributed by atoms with Gasteiger partial charge in [-0.15, -0.1) is 0 Å². The lowest BCUT2D eigenvalue weighted by molar-refractivity contribution is 0.0787. The number of β-amino-alcohol motifs (C(OH)–C–C–N with tert-alkyl or cyclic N) is 1. The zero-order valence-corrected chi connectivity index (χ0v) is 9.64. The zero-order chi connectivity index (χ0) is 9.26. The molecule has 2 rings (SSSR count). The topological polar surface area (TPSA) is 23.5 Å². The van der Waals surface area contributed by atoms with E-state index < -0.39 is 0 Å². The van der Waals surface area contributed by atoms with Crippen molar-refractivity contribution < 1.29 is 5.11 Å². The summed E-state index contributed by atoms with van der Waals surface area (Å²) in [6.07, 6.45) is 0.943. The third kappa shape index (κ3) is 2.13. The van der Waals surface area contributed by atoms with Crippen LogP contribution in [0.2, 0.25) is 0 Å². The Kier molecular flexibility index (Phi) is 3.03. The maximum atomic E-state index is 9.86. The predicted octanol–water partition coefficient (Wildman–Crippen LogP) is 2.25.